The van der Waals surface area contributed by atoms with Gasteiger partial charge in [-0.25, -0.2) is 0 Å². The van der Waals surface area contributed by atoms with Crippen molar-refractivity contribution in [1.29, 1.82) is 0 Å². The third kappa shape index (κ3) is 3.36. The second kappa shape index (κ2) is 6.91. The number of hydrogen-bond donors (Lipinski definition) is 1. The molecule has 0 saturated heterocycles. The van der Waals surface area contributed by atoms with E-state index in [0.717, 1.165) is 18.8 Å². The summed E-state index contributed by atoms with van der Waals surface area (Å²) in [7, 11) is 2.09. The van der Waals surface area contributed by atoms with Gasteiger partial charge < -0.3 is 5.32 Å². The molecular formula is C20H25N. The second-order valence-electron chi connectivity index (χ2n) is 6.12. The second-order valence-corrected chi connectivity index (χ2v) is 6.12. The fourth-order valence-electron chi connectivity index (χ4n) is 3.33. The topological polar surface area (TPSA) is 12.0 Å². The van der Waals surface area contributed by atoms with E-state index in [4.69, 9.17) is 0 Å². The van der Waals surface area contributed by atoms with E-state index in [2.05, 4.69) is 67.0 Å². The molecule has 2 aromatic carbocycles. The van der Waals surface area contributed by atoms with Gasteiger partial charge in [-0.05, 0) is 55.3 Å². The fourth-order valence-corrected chi connectivity index (χ4v) is 3.33. The van der Waals surface area contributed by atoms with E-state index in [1.54, 1.807) is 5.56 Å². The zero-order valence-electron chi connectivity index (χ0n) is 12.9. The van der Waals surface area contributed by atoms with Crippen LogP contribution in [0.4, 0.5) is 0 Å². The average molecular weight is 279 g/mol. The molecule has 0 aromatic heterocycles. The Morgan fingerprint density at radius 2 is 1.71 bits per heavy atom. The van der Waals surface area contributed by atoms with Crippen LogP contribution in [-0.2, 0) is 6.42 Å². The highest BCUT2D eigenvalue weighted by Gasteiger charge is 2.24. The third-order valence-corrected chi connectivity index (χ3v) is 4.83. The van der Waals surface area contributed by atoms with Gasteiger partial charge in [-0.15, -0.1) is 0 Å². The first-order valence-corrected chi connectivity index (χ1v) is 8.18. The summed E-state index contributed by atoms with van der Waals surface area (Å²) in [4.78, 5) is 0. The molecule has 0 spiro atoms. The predicted molar refractivity (Wildman–Crippen MR) is 89.6 cm³/mol. The number of benzene rings is 2. The maximum atomic E-state index is 3.53. The molecule has 1 fully saturated rings. The van der Waals surface area contributed by atoms with Crippen molar-refractivity contribution in [3.05, 3.63) is 71.3 Å². The number of hydrogen-bond acceptors (Lipinski definition) is 1. The molecule has 1 heteroatoms. The van der Waals surface area contributed by atoms with Crippen LogP contribution in [0.5, 0.6) is 0 Å². The summed E-state index contributed by atoms with van der Waals surface area (Å²) in [6.07, 6.45) is 6.42. The van der Waals surface area contributed by atoms with E-state index in [1.807, 2.05) is 0 Å². The van der Waals surface area contributed by atoms with Crippen molar-refractivity contribution in [2.45, 2.75) is 44.1 Å². The van der Waals surface area contributed by atoms with Crippen LogP contribution < -0.4 is 5.32 Å². The lowest BCUT2D eigenvalue weighted by molar-refractivity contribution is 0.411. The van der Waals surface area contributed by atoms with Gasteiger partial charge in [0, 0.05) is 6.04 Å². The minimum Gasteiger partial charge on any atom is -0.313 e. The minimum absolute atomic E-state index is 0.460. The predicted octanol–water partition coefficient (Wildman–Crippen LogP) is 4.85. The van der Waals surface area contributed by atoms with Crippen LogP contribution in [0.2, 0.25) is 0 Å². The van der Waals surface area contributed by atoms with E-state index in [1.165, 1.54) is 30.4 Å². The van der Waals surface area contributed by atoms with Gasteiger partial charge in [-0.2, -0.15) is 0 Å². The molecule has 0 bridgehead atoms. The zero-order chi connectivity index (χ0) is 14.5. The molecule has 1 atom stereocenters. The van der Waals surface area contributed by atoms with Crippen LogP contribution in [-0.4, -0.2) is 7.05 Å². The van der Waals surface area contributed by atoms with Crippen LogP contribution in [0.25, 0.3) is 0 Å². The van der Waals surface area contributed by atoms with Crippen molar-refractivity contribution in [1.82, 2.24) is 5.32 Å². The number of nitrogens with one attached hydrogen (secondary N) is 1. The summed E-state index contributed by atoms with van der Waals surface area (Å²) in [5, 5.41) is 3.53. The lowest BCUT2D eigenvalue weighted by atomic mass is 9.76. The Bertz CT molecular complexity index is 557. The Kier molecular flexibility index (Phi) is 4.72. The van der Waals surface area contributed by atoms with Crippen molar-refractivity contribution in [2.75, 3.05) is 7.05 Å². The Morgan fingerprint density at radius 1 is 1.00 bits per heavy atom. The highest BCUT2D eigenvalue weighted by Crippen LogP contribution is 2.40. The van der Waals surface area contributed by atoms with Crippen molar-refractivity contribution >= 4 is 0 Å². The van der Waals surface area contributed by atoms with Crippen LogP contribution in [0.3, 0.4) is 0 Å². The van der Waals surface area contributed by atoms with Crippen LogP contribution in [0.15, 0.2) is 54.6 Å². The van der Waals surface area contributed by atoms with E-state index in [0.29, 0.717) is 6.04 Å². The highest BCUT2D eigenvalue weighted by molar-refractivity contribution is 5.34. The molecule has 1 aliphatic carbocycles. The van der Waals surface area contributed by atoms with Crippen molar-refractivity contribution in [3.63, 3.8) is 0 Å². The minimum atomic E-state index is 0.460. The molecule has 1 aliphatic rings. The quantitative estimate of drug-likeness (QED) is 0.797. The molecule has 0 amide bonds. The Labute approximate surface area is 128 Å². The standard InChI is InChI=1S/C20H25N/c1-21-20(15-14-16-8-3-2-4-9-16)19-13-6-5-12-18(19)17-10-7-11-17/h2-6,8-9,12-13,17,20-21H,7,10-11,14-15H2,1H3. The maximum Gasteiger partial charge on any atom is 0.0323 e. The molecule has 3 rings (SSSR count). The molecular weight excluding hydrogens is 254 g/mol. The first-order chi connectivity index (χ1) is 10.4. The Hall–Kier alpha value is -1.60. The third-order valence-electron chi connectivity index (χ3n) is 4.83. The summed E-state index contributed by atoms with van der Waals surface area (Å²) < 4.78 is 0. The maximum absolute atomic E-state index is 3.53. The molecule has 21 heavy (non-hydrogen) atoms. The van der Waals surface area contributed by atoms with E-state index in [-0.39, 0.29) is 0 Å². The fraction of sp³-hybridized carbons (Fsp3) is 0.400. The largest absolute Gasteiger partial charge is 0.313 e. The molecule has 2 aromatic rings. The highest BCUT2D eigenvalue weighted by atomic mass is 14.9. The average Bonchev–Trinajstić information content (AvgIpc) is 2.49. The van der Waals surface area contributed by atoms with Crippen molar-refractivity contribution in [2.24, 2.45) is 0 Å². The van der Waals surface area contributed by atoms with Gasteiger partial charge in [-0.1, -0.05) is 61.0 Å². The Balaban J connectivity index is 1.73. The summed E-state index contributed by atoms with van der Waals surface area (Å²) in [6.45, 7) is 0. The molecule has 1 saturated carbocycles. The van der Waals surface area contributed by atoms with Crippen LogP contribution in [0, 0.1) is 0 Å². The summed E-state index contributed by atoms with van der Waals surface area (Å²) in [5.74, 6) is 0.800. The normalized spacial score (nSPS) is 16.4. The molecule has 1 unspecified atom stereocenters. The SMILES string of the molecule is CNC(CCc1ccccc1)c1ccccc1C1CCC1. The summed E-state index contributed by atoms with van der Waals surface area (Å²) in [6, 6.07) is 20.3. The molecule has 0 radical (unpaired) electrons. The zero-order valence-corrected chi connectivity index (χ0v) is 12.9. The van der Waals surface area contributed by atoms with E-state index in [9.17, 15) is 0 Å². The summed E-state index contributed by atoms with van der Waals surface area (Å²) in [5.41, 5.74) is 4.52. The van der Waals surface area contributed by atoms with Gasteiger partial charge >= 0.3 is 0 Å². The van der Waals surface area contributed by atoms with E-state index >= 15 is 0 Å². The molecule has 0 heterocycles. The molecule has 110 valence electrons. The van der Waals surface area contributed by atoms with Gasteiger partial charge in [0.2, 0.25) is 0 Å². The van der Waals surface area contributed by atoms with Gasteiger partial charge in [0.05, 0.1) is 0 Å². The number of aryl methyl sites for hydroxylation is 1. The first kappa shape index (κ1) is 14.3. The molecule has 0 aliphatic heterocycles. The Morgan fingerprint density at radius 3 is 2.38 bits per heavy atom. The van der Waals surface area contributed by atoms with Gasteiger partial charge in [0.25, 0.3) is 0 Å². The van der Waals surface area contributed by atoms with E-state index < -0.39 is 0 Å². The number of rotatable bonds is 6. The lowest BCUT2D eigenvalue weighted by Gasteiger charge is -2.30. The van der Waals surface area contributed by atoms with Crippen molar-refractivity contribution < 1.29 is 0 Å². The summed E-state index contributed by atoms with van der Waals surface area (Å²) >= 11 is 0. The monoisotopic (exact) mass is 279 g/mol. The van der Waals surface area contributed by atoms with Crippen LogP contribution >= 0.6 is 0 Å². The smallest absolute Gasteiger partial charge is 0.0323 e. The van der Waals surface area contributed by atoms with Crippen molar-refractivity contribution in [3.8, 4) is 0 Å². The molecule has 1 N–H and O–H groups in total. The lowest BCUT2D eigenvalue weighted by Crippen LogP contribution is -2.21. The molecule has 1 nitrogen and oxygen atoms in total. The van der Waals surface area contributed by atoms with Gasteiger partial charge in [-0.3, -0.25) is 0 Å². The van der Waals surface area contributed by atoms with Gasteiger partial charge in [0.1, 0.15) is 0 Å². The van der Waals surface area contributed by atoms with Gasteiger partial charge in [0.15, 0.2) is 0 Å². The first-order valence-electron chi connectivity index (χ1n) is 8.18. The van der Waals surface area contributed by atoms with Crippen LogP contribution in [0.1, 0.15) is 54.3 Å².